The van der Waals surface area contributed by atoms with Gasteiger partial charge in [0.25, 0.3) is 0 Å². The molecule has 0 saturated carbocycles. The van der Waals surface area contributed by atoms with E-state index in [1.54, 1.807) is 6.07 Å². The summed E-state index contributed by atoms with van der Waals surface area (Å²) < 4.78 is 12.8. The molecule has 56 valence electrons. The molecule has 11 heavy (non-hydrogen) atoms. The number of nitriles is 1. The predicted molar refractivity (Wildman–Crippen MR) is 40.5 cm³/mol. The van der Waals surface area contributed by atoms with Gasteiger partial charge in [-0.25, -0.2) is 4.39 Å². The van der Waals surface area contributed by atoms with E-state index in [-0.39, 0.29) is 16.3 Å². The first-order chi connectivity index (χ1) is 5.16. The van der Waals surface area contributed by atoms with Crippen molar-refractivity contribution < 1.29 is 4.39 Å². The van der Waals surface area contributed by atoms with Crippen molar-refractivity contribution in [3.63, 3.8) is 0 Å². The second-order valence-corrected chi connectivity index (χ2v) is 2.34. The summed E-state index contributed by atoms with van der Waals surface area (Å²) in [6, 6.07) is 4.41. The zero-order chi connectivity index (χ0) is 8.43. The van der Waals surface area contributed by atoms with Crippen molar-refractivity contribution in [3.05, 3.63) is 28.5 Å². The fourth-order valence-corrected chi connectivity index (χ4v) is 0.829. The Morgan fingerprint density at radius 3 is 2.73 bits per heavy atom. The number of nitrogens with two attached hydrogens (primary N) is 1. The smallest absolute Gasteiger partial charge is 0.165 e. The van der Waals surface area contributed by atoms with Crippen molar-refractivity contribution in [2.75, 3.05) is 5.73 Å². The molecular weight excluding hydrogens is 167 g/mol. The van der Waals surface area contributed by atoms with Gasteiger partial charge in [-0.15, -0.1) is 0 Å². The molecule has 0 fully saturated rings. The molecule has 0 aliphatic rings. The average molecular weight is 171 g/mol. The Morgan fingerprint density at radius 1 is 1.55 bits per heavy atom. The lowest BCUT2D eigenvalue weighted by atomic mass is 10.2. The minimum atomic E-state index is -0.731. The molecule has 0 saturated heterocycles. The molecule has 0 heterocycles. The zero-order valence-corrected chi connectivity index (χ0v) is 6.19. The van der Waals surface area contributed by atoms with Crippen LogP contribution in [0.4, 0.5) is 10.1 Å². The third-order valence-electron chi connectivity index (χ3n) is 1.25. The lowest BCUT2D eigenvalue weighted by molar-refractivity contribution is 0.632. The Hall–Kier alpha value is -1.27. The third-order valence-corrected chi connectivity index (χ3v) is 1.55. The van der Waals surface area contributed by atoms with Gasteiger partial charge in [-0.2, -0.15) is 5.26 Å². The Labute approximate surface area is 68.0 Å². The number of nitrogens with zero attached hydrogens (tertiary/aromatic N) is 1. The highest BCUT2D eigenvalue weighted by Crippen LogP contribution is 2.22. The molecule has 2 nitrogen and oxygen atoms in total. The van der Waals surface area contributed by atoms with Gasteiger partial charge in [-0.05, 0) is 12.1 Å². The molecule has 0 aliphatic carbocycles. The fourth-order valence-electron chi connectivity index (χ4n) is 0.664. The Morgan fingerprint density at radius 2 is 2.18 bits per heavy atom. The molecule has 0 unspecified atom stereocenters. The van der Waals surface area contributed by atoms with E-state index in [0.717, 1.165) is 0 Å². The molecule has 0 amide bonds. The molecule has 1 rings (SSSR count). The van der Waals surface area contributed by atoms with E-state index in [4.69, 9.17) is 22.6 Å². The molecule has 0 aromatic heterocycles. The number of hydrogen-bond acceptors (Lipinski definition) is 2. The van der Waals surface area contributed by atoms with Crippen molar-refractivity contribution in [3.8, 4) is 6.07 Å². The van der Waals surface area contributed by atoms with Crippen LogP contribution in [0.3, 0.4) is 0 Å². The second-order valence-electron chi connectivity index (χ2n) is 1.93. The summed E-state index contributed by atoms with van der Waals surface area (Å²) in [5, 5.41) is 8.33. The van der Waals surface area contributed by atoms with Crippen LogP contribution >= 0.6 is 11.6 Å². The molecule has 0 spiro atoms. The van der Waals surface area contributed by atoms with Crippen LogP contribution in [0.15, 0.2) is 12.1 Å². The fraction of sp³-hybridized carbons (Fsp3) is 0. The minimum absolute atomic E-state index is 0.0681. The molecular formula is C7H4ClFN2. The summed E-state index contributed by atoms with van der Waals surface area (Å²) in [7, 11) is 0. The van der Waals surface area contributed by atoms with Gasteiger partial charge in [-0.3, -0.25) is 0 Å². The third kappa shape index (κ3) is 1.26. The predicted octanol–water partition coefficient (Wildman–Crippen LogP) is 1.93. The lowest BCUT2D eigenvalue weighted by Crippen LogP contribution is -1.94. The number of benzene rings is 1. The maximum absolute atomic E-state index is 12.8. The standard InChI is InChI=1S/C7H4ClFN2/c8-5-2-1-4(3-10)7(11)6(5)9/h1-2H,11H2. The van der Waals surface area contributed by atoms with Crippen LogP contribution in [0, 0.1) is 17.1 Å². The van der Waals surface area contributed by atoms with E-state index < -0.39 is 5.82 Å². The van der Waals surface area contributed by atoms with Crippen molar-refractivity contribution in [2.24, 2.45) is 0 Å². The number of halogens is 2. The van der Waals surface area contributed by atoms with Gasteiger partial charge in [0.1, 0.15) is 6.07 Å². The van der Waals surface area contributed by atoms with Gasteiger partial charge in [0.15, 0.2) is 5.82 Å². The number of rotatable bonds is 0. The number of nitrogen functional groups attached to an aromatic ring is 1. The van der Waals surface area contributed by atoms with E-state index >= 15 is 0 Å². The summed E-state index contributed by atoms with van der Waals surface area (Å²) in [4.78, 5) is 0. The quantitative estimate of drug-likeness (QED) is 0.605. The van der Waals surface area contributed by atoms with Gasteiger partial charge in [0, 0.05) is 0 Å². The summed E-state index contributed by atoms with van der Waals surface area (Å²) in [6.45, 7) is 0. The SMILES string of the molecule is N#Cc1ccc(Cl)c(F)c1N. The van der Waals surface area contributed by atoms with Crippen LogP contribution < -0.4 is 5.73 Å². The minimum Gasteiger partial charge on any atom is -0.395 e. The van der Waals surface area contributed by atoms with Crippen LogP contribution in [0.2, 0.25) is 5.02 Å². The Kier molecular flexibility index (Phi) is 1.97. The van der Waals surface area contributed by atoms with E-state index in [9.17, 15) is 4.39 Å². The summed E-state index contributed by atoms with van der Waals surface area (Å²) in [5.74, 6) is -0.731. The number of anilines is 1. The van der Waals surface area contributed by atoms with Crippen molar-refractivity contribution >= 4 is 17.3 Å². The first-order valence-corrected chi connectivity index (χ1v) is 3.18. The van der Waals surface area contributed by atoms with Crippen molar-refractivity contribution in [2.45, 2.75) is 0 Å². The van der Waals surface area contributed by atoms with E-state index in [1.807, 2.05) is 0 Å². The first-order valence-electron chi connectivity index (χ1n) is 2.80. The van der Waals surface area contributed by atoms with Gasteiger partial charge in [-0.1, -0.05) is 11.6 Å². The van der Waals surface area contributed by atoms with Crippen LogP contribution in [0.5, 0.6) is 0 Å². The van der Waals surface area contributed by atoms with Crippen LogP contribution in [-0.2, 0) is 0 Å². The Balaban J connectivity index is 3.40. The molecule has 1 aromatic carbocycles. The molecule has 4 heteroatoms. The molecule has 0 atom stereocenters. The highest BCUT2D eigenvalue weighted by molar-refractivity contribution is 6.31. The lowest BCUT2D eigenvalue weighted by Gasteiger charge is -1.99. The highest BCUT2D eigenvalue weighted by Gasteiger charge is 2.07. The zero-order valence-electron chi connectivity index (χ0n) is 5.44. The normalized spacial score (nSPS) is 9.18. The number of hydrogen-bond donors (Lipinski definition) is 1. The highest BCUT2D eigenvalue weighted by atomic mass is 35.5. The molecule has 0 radical (unpaired) electrons. The van der Waals surface area contributed by atoms with Crippen LogP contribution in [-0.4, -0.2) is 0 Å². The average Bonchev–Trinajstić information content (AvgIpc) is 2.01. The summed E-state index contributed by atoms with van der Waals surface area (Å²) in [6.07, 6.45) is 0. The molecule has 0 aliphatic heterocycles. The maximum Gasteiger partial charge on any atom is 0.165 e. The van der Waals surface area contributed by atoms with Crippen molar-refractivity contribution in [1.82, 2.24) is 0 Å². The molecule has 2 N–H and O–H groups in total. The van der Waals surface area contributed by atoms with E-state index in [1.165, 1.54) is 12.1 Å². The van der Waals surface area contributed by atoms with Gasteiger partial charge < -0.3 is 5.73 Å². The van der Waals surface area contributed by atoms with Crippen LogP contribution in [0.1, 0.15) is 5.56 Å². The molecule has 1 aromatic rings. The largest absolute Gasteiger partial charge is 0.395 e. The van der Waals surface area contributed by atoms with Gasteiger partial charge in [0.2, 0.25) is 0 Å². The summed E-state index contributed by atoms with van der Waals surface area (Å²) >= 11 is 5.38. The van der Waals surface area contributed by atoms with E-state index in [2.05, 4.69) is 0 Å². The van der Waals surface area contributed by atoms with E-state index in [0.29, 0.717) is 0 Å². The van der Waals surface area contributed by atoms with Crippen LogP contribution in [0.25, 0.3) is 0 Å². The first kappa shape index (κ1) is 7.83. The second kappa shape index (κ2) is 2.77. The van der Waals surface area contributed by atoms with Crippen molar-refractivity contribution in [1.29, 1.82) is 5.26 Å². The maximum atomic E-state index is 12.8. The topological polar surface area (TPSA) is 49.8 Å². The monoisotopic (exact) mass is 170 g/mol. The Bertz CT molecular complexity index is 330. The van der Waals surface area contributed by atoms with Gasteiger partial charge >= 0.3 is 0 Å². The molecule has 0 bridgehead atoms. The van der Waals surface area contributed by atoms with Gasteiger partial charge in [0.05, 0.1) is 16.3 Å². The summed E-state index contributed by atoms with van der Waals surface area (Å²) in [5.41, 5.74) is 5.12.